The Balaban J connectivity index is 0. The second kappa shape index (κ2) is 8.76. The van der Waals surface area contributed by atoms with Crippen molar-refractivity contribution in [2.45, 2.75) is 0 Å². The summed E-state index contributed by atoms with van der Waals surface area (Å²) in [7, 11) is 3.79. The Kier molecular flexibility index (Phi) is 11.4. The topological polar surface area (TPSA) is 6.48 Å². The van der Waals surface area contributed by atoms with Crippen molar-refractivity contribution in [1.29, 1.82) is 0 Å². The summed E-state index contributed by atoms with van der Waals surface area (Å²) in [6.45, 7) is 1.61. The summed E-state index contributed by atoms with van der Waals surface area (Å²) in [5.41, 5.74) is 0. The van der Waals surface area contributed by atoms with Gasteiger partial charge in [0, 0.05) is 27.2 Å². The predicted octanol–water partition coefficient (Wildman–Crippen LogP) is -1.72. The molecule has 0 aromatic heterocycles. The third kappa shape index (κ3) is 8.47. The molecule has 0 fully saturated rings. The zero-order valence-electron chi connectivity index (χ0n) is 8.02. The van der Waals surface area contributed by atoms with Gasteiger partial charge in [0.2, 0.25) is 0 Å². The molecule has 0 aromatic rings. The first-order valence-corrected chi connectivity index (χ1v) is 5.04. The molecule has 0 radical (unpaired) electrons. The van der Waals surface area contributed by atoms with Gasteiger partial charge in [-0.1, -0.05) is 24.4 Å². The van der Waals surface area contributed by atoms with Crippen molar-refractivity contribution in [1.82, 2.24) is 9.80 Å². The molecule has 2 nitrogen and oxygen atoms in total. The van der Waals surface area contributed by atoms with Crippen molar-refractivity contribution in [3.63, 3.8) is 0 Å². The zero-order valence-corrected chi connectivity index (χ0v) is 13.4. The van der Waals surface area contributed by atoms with Crippen LogP contribution < -0.4 is 29.6 Å². The molecule has 0 spiro atoms. The maximum Gasteiger partial charge on any atom is 1.00 e. The first-order valence-electron chi connectivity index (χ1n) is 3.33. The molecule has 0 aliphatic heterocycles. The van der Waals surface area contributed by atoms with E-state index >= 15 is 0 Å². The number of thiocarbonyl (C=S) groups is 2. The number of thiol groups is 2. The first-order chi connectivity index (χ1) is 5.45. The Labute approximate surface area is 124 Å². The van der Waals surface area contributed by atoms with Gasteiger partial charge in [0.25, 0.3) is 0 Å². The normalized spacial score (nSPS) is 8.62. The summed E-state index contributed by atoms with van der Waals surface area (Å²) in [4.78, 5) is 3.75. The van der Waals surface area contributed by atoms with E-state index in [9.17, 15) is 0 Å². The van der Waals surface area contributed by atoms with E-state index in [4.69, 9.17) is 24.4 Å². The molecule has 0 N–H and O–H groups in total. The fourth-order valence-corrected chi connectivity index (χ4v) is 0.874. The molecular weight excluding hydrogens is 251 g/mol. The van der Waals surface area contributed by atoms with E-state index in [1.165, 1.54) is 0 Å². The van der Waals surface area contributed by atoms with E-state index in [0.29, 0.717) is 8.64 Å². The molecule has 13 heavy (non-hydrogen) atoms. The third-order valence-electron chi connectivity index (χ3n) is 1.42. The van der Waals surface area contributed by atoms with Crippen LogP contribution in [0.4, 0.5) is 0 Å². The van der Waals surface area contributed by atoms with Gasteiger partial charge in [0.15, 0.2) is 0 Å². The van der Waals surface area contributed by atoms with Crippen LogP contribution in [0.1, 0.15) is 0 Å². The summed E-state index contributed by atoms with van der Waals surface area (Å²) in [5, 5.41) is 0. The molecule has 0 aliphatic carbocycles. The molecule has 0 aliphatic rings. The van der Waals surface area contributed by atoms with Crippen LogP contribution in [0.3, 0.4) is 0 Å². The van der Waals surface area contributed by atoms with Crippen molar-refractivity contribution in [2.24, 2.45) is 0 Å². The van der Waals surface area contributed by atoms with Crippen LogP contribution in [-0.4, -0.2) is 45.6 Å². The van der Waals surface area contributed by atoms with Crippen LogP contribution >= 0.6 is 49.7 Å². The number of likely N-dealkylation sites (N-methyl/N-ethyl adjacent to an activating group) is 2. The van der Waals surface area contributed by atoms with Crippen LogP contribution in [0.5, 0.6) is 0 Å². The minimum atomic E-state index is 0. The summed E-state index contributed by atoms with van der Waals surface area (Å²) >= 11 is 17.8. The van der Waals surface area contributed by atoms with Crippen molar-refractivity contribution >= 4 is 58.3 Å². The quantitative estimate of drug-likeness (QED) is 0.355. The molecule has 7 heteroatoms. The Morgan fingerprint density at radius 1 is 1.00 bits per heavy atom. The smallest absolute Gasteiger partial charge is 0.359 e. The molecule has 0 amide bonds. The predicted molar refractivity (Wildman–Crippen MR) is 68.4 cm³/mol. The molecule has 0 heterocycles. The standard InChI is InChI=1S/C6H12N2S4.Na/c1-7(5(9)10)3-4-8(2)6(11)12;/h3-4H2,1-2H3,(H,9,10)(H,11,12);/q;+1. The van der Waals surface area contributed by atoms with E-state index in [-0.39, 0.29) is 29.6 Å². The Bertz CT molecular complexity index is 167. The van der Waals surface area contributed by atoms with Crippen molar-refractivity contribution in [3.8, 4) is 0 Å². The molecule has 0 unspecified atom stereocenters. The van der Waals surface area contributed by atoms with E-state index in [1.807, 2.05) is 23.9 Å². The number of hydrogen-bond donors (Lipinski definition) is 2. The fraction of sp³-hybridized carbons (Fsp3) is 0.667. The molecule has 0 saturated heterocycles. The largest absolute Gasteiger partial charge is 1.00 e. The van der Waals surface area contributed by atoms with Gasteiger partial charge in [-0.15, -0.1) is 25.3 Å². The number of nitrogens with zero attached hydrogens (tertiary/aromatic N) is 2. The molecule has 0 saturated carbocycles. The van der Waals surface area contributed by atoms with Gasteiger partial charge >= 0.3 is 29.6 Å². The second-order valence-electron chi connectivity index (χ2n) is 2.41. The van der Waals surface area contributed by atoms with Crippen molar-refractivity contribution in [3.05, 3.63) is 0 Å². The summed E-state index contributed by atoms with van der Waals surface area (Å²) < 4.78 is 1.18. The Morgan fingerprint density at radius 3 is 1.38 bits per heavy atom. The fourth-order valence-electron chi connectivity index (χ4n) is 0.491. The van der Waals surface area contributed by atoms with Crippen molar-refractivity contribution < 1.29 is 29.6 Å². The monoisotopic (exact) mass is 263 g/mol. The van der Waals surface area contributed by atoms with Gasteiger partial charge in [-0.05, 0) is 0 Å². The van der Waals surface area contributed by atoms with Gasteiger partial charge in [-0.2, -0.15) is 0 Å². The van der Waals surface area contributed by atoms with Gasteiger partial charge in [-0.3, -0.25) is 0 Å². The minimum absolute atomic E-state index is 0. The molecule has 70 valence electrons. The van der Waals surface area contributed by atoms with Gasteiger partial charge in [-0.25, -0.2) is 0 Å². The van der Waals surface area contributed by atoms with Gasteiger partial charge in [0.05, 0.1) is 0 Å². The molecule has 0 aromatic carbocycles. The molecular formula is C6H12N2NaS4+. The van der Waals surface area contributed by atoms with Crippen LogP contribution in [0.2, 0.25) is 0 Å². The second-order valence-corrected chi connectivity index (χ2v) is 4.63. The van der Waals surface area contributed by atoms with Crippen LogP contribution in [-0.2, 0) is 0 Å². The van der Waals surface area contributed by atoms with E-state index in [1.54, 1.807) is 0 Å². The first kappa shape index (κ1) is 16.9. The Morgan fingerprint density at radius 2 is 1.23 bits per heavy atom. The van der Waals surface area contributed by atoms with E-state index in [2.05, 4.69) is 25.3 Å². The summed E-state index contributed by atoms with van der Waals surface area (Å²) in [6, 6.07) is 0. The van der Waals surface area contributed by atoms with E-state index in [0.717, 1.165) is 13.1 Å². The third-order valence-corrected chi connectivity index (χ3v) is 2.73. The SMILES string of the molecule is CN(CCN(C)C(=S)S)C(=S)S.[Na+]. The number of rotatable bonds is 3. The Hall–Kier alpha value is 1.48. The van der Waals surface area contributed by atoms with Gasteiger partial charge in [0.1, 0.15) is 8.64 Å². The van der Waals surface area contributed by atoms with Crippen LogP contribution in [0.15, 0.2) is 0 Å². The maximum atomic E-state index is 4.86. The van der Waals surface area contributed by atoms with Crippen LogP contribution in [0.25, 0.3) is 0 Å². The average molecular weight is 263 g/mol. The van der Waals surface area contributed by atoms with Crippen molar-refractivity contribution in [2.75, 3.05) is 27.2 Å². The molecule has 0 bridgehead atoms. The average Bonchev–Trinajstić information content (AvgIpc) is 1.98. The van der Waals surface area contributed by atoms with E-state index < -0.39 is 0 Å². The minimum Gasteiger partial charge on any atom is -0.359 e. The van der Waals surface area contributed by atoms with Gasteiger partial charge < -0.3 is 9.80 Å². The maximum absolute atomic E-state index is 4.86. The summed E-state index contributed by atoms with van der Waals surface area (Å²) in [5.74, 6) is 0. The summed E-state index contributed by atoms with van der Waals surface area (Å²) in [6.07, 6.45) is 0. The molecule has 0 rings (SSSR count). The zero-order chi connectivity index (χ0) is 9.72. The molecule has 0 atom stereocenters. The van der Waals surface area contributed by atoms with Crippen LogP contribution in [0, 0.1) is 0 Å². The number of hydrogen-bond acceptors (Lipinski definition) is 2.